The molecule has 15 heteroatoms. The van der Waals surface area contributed by atoms with E-state index in [2.05, 4.69) is 26.4 Å². The molecule has 53 heavy (non-hydrogen) atoms. The highest BCUT2D eigenvalue weighted by atomic mass is 19.4. The van der Waals surface area contributed by atoms with E-state index in [4.69, 9.17) is 0 Å². The molecule has 282 valence electrons. The van der Waals surface area contributed by atoms with Crippen LogP contribution in [-0.2, 0) is 12.4 Å². The van der Waals surface area contributed by atoms with Crippen LogP contribution in [-0.4, -0.2) is 25.4 Å². The normalized spacial score (nSPS) is 14.6. The molecule has 0 radical (unpaired) electrons. The van der Waals surface area contributed by atoms with Gasteiger partial charge in [0.15, 0.2) is 22.9 Å². The molecular formula is C38H35F9N4O2. The number of halogens is 9. The molecule has 1 aliphatic rings. The second-order valence-corrected chi connectivity index (χ2v) is 13.1. The van der Waals surface area contributed by atoms with Crippen LogP contribution < -0.4 is 9.47 Å². The SMILES string of the molecule is CCCCCCCCC(C)c1cc(F)cc(-c2ccc(-n3cc(C(F)(F)F)nc3C)c(-c3nc(C(F)(F)F)cn3-c3ccc4c(c3)OC(F)(F)O4)c2)c1. The Kier molecular flexibility index (Phi) is 10.3. The van der Waals surface area contributed by atoms with E-state index in [9.17, 15) is 35.1 Å². The van der Waals surface area contributed by atoms with Gasteiger partial charge in [0.2, 0.25) is 0 Å². The number of rotatable bonds is 12. The predicted molar refractivity (Wildman–Crippen MR) is 179 cm³/mol. The van der Waals surface area contributed by atoms with Crippen LogP contribution in [0.2, 0.25) is 0 Å². The Morgan fingerprint density at radius 2 is 1.40 bits per heavy atom. The summed E-state index contributed by atoms with van der Waals surface area (Å²) in [5, 5.41) is 0. The first-order chi connectivity index (χ1) is 24.9. The Hall–Kier alpha value is -4.95. The molecule has 0 amide bonds. The monoisotopic (exact) mass is 750 g/mol. The van der Waals surface area contributed by atoms with Crippen LogP contribution in [0.5, 0.6) is 11.5 Å². The van der Waals surface area contributed by atoms with Crippen molar-refractivity contribution in [2.24, 2.45) is 0 Å². The maximum Gasteiger partial charge on any atom is 0.586 e. The fourth-order valence-corrected chi connectivity index (χ4v) is 6.41. The van der Waals surface area contributed by atoms with Crippen molar-refractivity contribution in [1.82, 2.24) is 19.1 Å². The molecule has 0 aliphatic carbocycles. The first-order valence-corrected chi connectivity index (χ1v) is 17.1. The van der Waals surface area contributed by atoms with Crippen LogP contribution in [0.15, 0.2) is 67.0 Å². The molecule has 0 N–H and O–H groups in total. The van der Waals surface area contributed by atoms with Gasteiger partial charge >= 0.3 is 18.6 Å². The van der Waals surface area contributed by atoms with Gasteiger partial charge in [0, 0.05) is 24.0 Å². The molecule has 6 nitrogen and oxygen atoms in total. The van der Waals surface area contributed by atoms with E-state index < -0.39 is 47.4 Å². The minimum atomic E-state index is -4.99. The largest absolute Gasteiger partial charge is 0.586 e. The summed E-state index contributed by atoms with van der Waals surface area (Å²) >= 11 is 0. The Balaban J connectivity index is 1.49. The van der Waals surface area contributed by atoms with Gasteiger partial charge in [0.05, 0.1) is 11.4 Å². The van der Waals surface area contributed by atoms with Crippen molar-refractivity contribution in [1.29, 1.82) is 0 Å². The van der Waals surface area contributed by atoms with E-state index in [1.54, 1.807) is 6.07 Å². The van der Waals surface area contributed by atoms with Gasteiger partial charge in [-0.05, 0) is 72.4 Å². The Bertz CT molecular complexity index is 2100. The average molecular weight is 751 g/mol. The number of fused-ring (bicyclic) bond motifs is 1. The Labute approximate surface area is 299 Å². The molecule has 3 aromatic carbocycles. The topological polar surface area (TPSA) is 54.1 Å². The van der Waals surface area contributed by atoms with Gasteiger partial charge in [-0.15, -0.1) is 8.78 Å². The number of aryl methyl sites for hydroxylation is 1. The van der Waals surface area contributed by atoms with Gasteiger partial charge in [-0.25, -0.2) is 14.4 Å². The summed E-state index contributed by atoms with van der Waals surface area (Å²) in [7, 11) is 0. The molecule has 1 atom stereocenters. The van der Waals surface area contributed by atoms with Crippen LogP contribution in [0, 0.1) is 12.7 Å². The van der Waals surface area contributed by atoms with E-state index in [0.29, 0.717) is 29.1 Å². The number of ether oxygens (including phenoxy) is 2. The number of hydrogen-bond acceptors (Lipinski definition) is 4. The molecular weight excluding hydrogens is 715 g/mol. The molecule has 0 bridgehead atoms. The molecule has 0 saturated heterocycles. The smallest absolute Gasteiger partial charge is 0.395 e. The minimum absolute atomic E-state index is 0.0182. The molecule has 1 unspecified atom stereocenters. The van der Waals surface area contributed by atoms with Crippen LogP contribution in [0.3, 0.4) is 0 Å². The zero-order valence-corrected chi connectivity index (χ0v) is 28.9. The number of hydrogen-bond donors (Lipinski definition) is 0. The van der Waals surface area contributed by atoms with E-state index in [0.717, 1.165) is 59.8 Å². The summed E-state index contributed by atoms with van der Waals surface area (Å²) in [4.78, 5) is 7.49. The number of imidazole rings is 2. The highest BCUT2D eigenvalue weighted by Gasteiger charge is 2.44. The molecule has 0 spiro atoms. The molecule has 6 rings (SSSR count). The number of aromatic nitrogens is 4. The molecule has 0 fully saturated rings. The van der Waals surface area contributed by atoms with Gasteiger partial charge in [-0.2, -0.15) is 26.3 Å². The Morgan fingerprint density at radius 3 is 2.09 bits per heavy atom. The van der Waals surface area contributed by atoms with Gasteiger partial charge in [-0.3, -0.25) is 4.57 Å². The summed E-state index contributed by atoms with van der Waals surface area (Å²) in [6.45, 7) is 5.42. The lowest BCUT2D eigenvalue weighted by molar-refractivity contribution is -0.286. The first kappa shape index (κ1) is 37.8. The molecule has 2 aromatic heterocycles. The fraction of sp³-hybridized carbons (Fsp3) is 0.368. The van der Waals surface area contributed by atoms with Gasteiger partial charge in [0.25, 0.3) is 0 Å². The molecule has 1 aliphatic heterocycles. The van der Waals surface area contributed by atoms with Crippen molar-refractivity contribution in [2.45, 2.75) is 90.3 Å². The zero-order valence-electron chi connectivity index (χ0n) is 28.9. The minimum Gasteiger partial charge on any atom is -0.395 e. The highest BCUT2D eigenvalue weighted by molar-refractivity contribution is 5.78. The third-order valence-electron chi connectivity index (χ3n) is 9.14. The third kappa shape index (κ3) is 8.33. The first-order valence-electron chi connectivity index (χ1n) is 17.1. The van der Waals surface area contributed by atoms with Gasteiger partial charge in [0.1, 0.15) is 17.5 Å². The van der Waals surface area contributed by atoms with Crippen molar-refractivity contribution >= 4 is 0 Å². The second-order valence-electron chi connectivity index (χ2n) is 13.1. The number of alkyl halides is 8. The fourth-order valence-electron chi connectivity index (χ4n) is 6.41. The number of benzene rings is 3. The molecule has 5 aromatic rings. The van der Waals surface area contributed by atoms with Gasteiger partial charge < -0.3 is 14.0 Å². The van der Waals surface area contributed by atoms with Crippen molar-refractivity contribution in [3.05, 3.63) is 95.6 Å². The maximum absolute atomic E-state index is 15.2. The van der Waals surface area contributed by atoms with Crippen molar-refractivity contribution < 1.29 is 49.0 Å². The van der Waals surface area contributed by atoms with Gasteiger partial charge in [-0.1, -0.05) is 64.5 Å². The zero-order chi connectivity index (χ0) is 38.3. The van der Waals surface area contributed by atoms with Crippen LogP contribution in [0.1, 0.15) is 87.5 Å². The van der Waals surface area contributed by atoms with E-state index in [1.807, 2.05) is 6.92 Å². The van der Waals surface area contributed by atoms with E-state index >= 15 is 4.39 Å². The average Bonchev–Trinajstić information content (AvgIpc) is 3.79. The van der Waals surface area contributed by atoms with E-state index in [-0.39, 0.29) is 34.4 Å². The quantitative estimate of drug-likeness (QED) is 0.0941. The van der Waals surface area contributed by atoms with Crippen LogP contribution in [0.25, 0.3) is 33.9 Å². The number of unbranched alkanes of at least 4 members (excludes halogenated alkanes) is 5. The molecule has 3 heterocycles. The van der Waals surface area contributed by atoms with Crippen molar-refractivity contribution in [3.8, 4) is 45.4 Å². The lowest BCUT2D eigenvalue weighted by atomic mass is 9.91. The maximum atomic E-state index is 15.2. The molecule has 0 saturated carbocycles. The van der Waals surface area contributed by atoms with Crippen molar-refractivity contribution in [3.63, 3.8) is 0 Å². The van der Waals surface area contributed by atoms with Crippen LogP contribution >= 0.6 is 0 Å². The standard InChI is InChI=1S/C38H35F9N4O2/c1-4-5-6-7-8-9-10-22(2)25-15-26(17-27(39)16-25)24-11-13-30(50-20-33(36(40,41)42)48-23(50)3)29(18-24)35-49-34(37(43,44)45)21-51(35)28-12-14-31-32(19-28)53-38(46,47)52-31/h11-22H,4-10H2,1-3H3. The number of nitrogens with zero attached hydrogens (tertiary/aromatic N) is 4. The third-order valence-corrected chi connectivity index (χ3v) is 9.14. The summed E-state index contributed by atoms with van der Waals surface area (Å²) in [6, 6.07) is 12.1. The Morgan fingerprint density at radius 1 is 0.736 bits per heavy atom. The lowest BCUT2D eigenvalue weighted by Crippen LogP contribution is -2.25. The summed E-state index contributed by atoms with van der Waals surface area (Å²) in [5.74, 6) is -1.93. The lowest BCUT2D eigenvalue weighted by Gasteiger charge is -2.17. The second kappa shape index (κ2) is 14.5. The van der Waals surface area contributed by atoms with Crippen molar-refractivity contribution in [2.75, 3.05) is 0 Å². The predicted octanol–water partition coefficient (Wildman–Crippen LogP) is 12.1. The summed E-state index contributed by atoms with van der Waals surface area (Å²) in [5.41, 5.74) is -1.43. The summed E-state index contributed by atoms with van der Waals surface area (Å²) < 4.78 is 138. The van der Waals surface area contributed by atoms with E-state index in [1.165, 1.54) is 49.7 Å². The summed E-state index contributed by atoms with van der Waals surface area (Å²) in [6.07, 6.45) is -5.15. The van der Waals surface area contributed by atoms with Crippen LogP contribution in [0.4, 0.5) is 39.5 Å². The highest BCUT2D eigenvalue weighted by Crippen LogP contribution is 2.44.